The number of nitrogens with zero attached hydrogens (tertiary/aromatic N) is 1. The van der Waals surface area contributed by atoms with Crippen LogP contribution in [0.15, 0.2) is 30.3 Å². The molecule has 0 unspecified atom stereocenters. The second kappa shape index (κ2) is 4.68. The van der Waals surface area contributed by atoms with E-state index < -0.39 is 23.2 Å². The Bertz CT molecular complexity index is 495. The van der Waals surface area contributed by atoms with Crippen LogP contribution in [0.25, 0.3) is 0 Å². The van der Waals surface area contributed by atoms with Crippen molar-refractivity contribution >= 4 is 11.9 Å². The highest BCUT2D eigenvalue weighted by atomic mass is 16.4. The average molecular weight is 261 g/mol. The van der Waals surface area contributed by atoms with Crippen LogP contribution in [0.5, 0.6) is 0 Å². The van der Waals surface area contributed by atoms with Crippen molar-refractivity contribution in [3.63, 3.8) is 0 Å². The molecular weight excluding hydrogens is 242 g/mol. The van der Waals surface area contributed by atoms with E-state index in [0.29, 0.717) is 6.54 Å². The van der Waals surface area contributed by atoms with Crippen LogP contribution in [-0.4, -0.2) is 28.9 Å². The number of amides is 1. The summed E-state index contributed by atoms with van der Waals surface area (Å²) in [5.41, 5.74) is 0.608. The molecule has 2 atom stereocenters. The summed E-state index contributed by atoms with van der Waals surface area (Å²) in [5, 5.41) is 9.11. The van der Waals surface area contributed by atoms with E-state index in [1.807, 2.05) is 44.2 Å². The first-order valence-electron chi connectivity index (χ1n) is 6.37. The van der Waals surface area contributed by atoms with E-state index in [1.165, 1.54) is 0 Å². The molecule has 0 saturated heterocycles. The number of rotatable bonds is 4. The van der Waals surface area contributed by atoms with Crippen LogP contribution in [0.4, 0.5) is 0 Å². The van der Waals surface area contributed by atoms with E-state index in [0.717, 1.165) is 5.56 Å². The first-order chi connectivity index (χ1) is 8.85. The second-order valence-corrected chi connectivity index (χ2v) is 5.79. The van der Waals surface area contributed by atoms with Gasteiger partial charge in [-0.05, 0) is 11.0 Å². The lowest BCUT2D eigenvalue weighted by Crippen LogP contribution is -2.29. The number of benzene rings is 1. The van der Waals surface area contributed by atoms with Gasteiger partial charge in [-0.2, -0.15) is 0 Å². The van der Waals surface area contributed by atoms with Crippen molar-refractivity contribution in [2.24, 2.45) is 17.3 Å². The summed E-state index contributed by atoms with van der Waals surface area (Å²) in [5.74, 6) is -1.92. The lowest BCUT2D eigenvalue weighted by Gasteiger charge is -2.18. The fourth-order valence-electron chi connectivity index (χ4n) is 2.73. The maximum Gasteiger partial charge on any atom is 0.307 e. The van der Waals surface area contributed by atoms with Crippen molar-refractivity contribution in [1.82, 2.24) is 4.90 Å². The average Bonchev–Trinajstić information content (AvgIpc) is 2.92. The van der Waals surface area contributed by atoms with E-state index in [4.69, 9.17) is 5.11 Å². The summed E-state index contributed by atoms with van der Waals surface area (Å²) in [4.78, 5) is 25.0. The minimum absolute atomic E-state index is 0.0822. The third-order valence-electron chi connectivity index (χ3n) is 4.00. The van der Waals surface area contributed by atoms with E-state index >= 15 is 0 Å². The molecule has 0 aromatic heterocycles. The van der Waals surface area contributed by atoms with Crippen molar-refractivity contribution in [2.45, 2.75) is 20.4 Å². The van der Waals surface area contributed by atoms with Gasteiger partial charge in [0.1, 0.15) is 0 Å². The molecule has 4 nitrogen and oxygen atoms in total. The molecule has 0 radical (unpaired) electrons. The van der Waals surface area contributed by atoms with Crippen LogP contribution in [0, 0.1) is 17.3 Å². The number of hydrogen-bond donors (Lipinski definition) is 1. The Morgan fingerprint density at radius 2 is 1.79 bits per heavy atom. The number of carboxylic acid groups (broad SMARTS) is 1. The molecule has 0 aliphatic heterocycles. The largest absolute Gasteiger partial charge is 0.481 e. The van der Waals surface area contributed by atoms with Gasteiger partial charge in [0.2, 0.25) is 5.91 Å². The first-order valence-corrected chi connectivity index (χ1v) is 6.37. The summed E-state index contributed by atoms with van der Waals surface area (Å²) < 4.78 is 0. The molecule has 0 bridgehead atoms. The Balaban J connectivity index is 2.03. The van der Waals surface area contributed by atoms with E-state index in [1.54, 1.807) is 11.9 Å². The number of carboxylic acids is 1. The third-order valence-corrected chi connectivity index (χ3v) is 4.00. The van der Waals surface area contributed by atoms with Crippen LogP contribution in [0.3, 0.4) is 0 Å². The Morgan fingerprint density at radius 3 is 2.26 bits per heavy atom. The van der Waals surface area contributed by atoms with Crippen molar-refractivity contribution in [3.05, 3.63) is 35.9 Å². The van der Waals surface area contributed by atoms with Gasteiger partial charge in [-0.25, -0.2) is 0 Å². The van der Waals surface area contributed by atoms with Gasteiger partial charge in [0.25, 0.3) is 0 Å². The van der Waals surface area contributed by atoms with Crippen LogP contribution in [0.1, 0.15) is 19.4 Å². The molecule has 1 aromatic rings. The fraction of sp³-hybridized carbons (Fsp3) is 0.467. The molecule has 0 spiro atoms. The van der Waals surface area contributed by atoms with E-state index in [-0.39, 0.29) is 5.91 Å². The molecule has 1 aromatic carbocycles. The minimum atomic E-state index is -0.878. The summed E-state index contributed by atoms with van der Waals surface area (Å²) in [6.45, 7) is 4.19. The summed E-state index contributed by atoms with van der Waals surface area (Å²) in [6.07, 6.45) is 0. The highest BCUT2D eigenvalue weighted by Crippen LogP contribution is 2.58. The SMILES string of the molecule is CN(Cc1ccccc1)C(=O)[C@@H]1[C@H](C(=O)O)C1(C)C. The summed E-state index contributed by atoms with van der Waals surface area (Å²) in [7, 11) is 1.72. The van der Waals surface area contributed by atoms with Gasteiger partial charge >= 0.3 is 5.97 Å². The highest BCUT2D eigenvalue weighted by Gasteiger charge is 2.66. The predicted molar refractivity (Wildman–Crippen MR) is 71.3 cm³/mol. The standard InChI is InChI=1S/C15H19NO3/c1-15(2)11(12(15)14(18)19)13(17)16(3)9-10-7-5-4-6-8-10/h4-8,11-12H,9H2,1-3H3,(H,18,19)/t11-,12+/m0/s1. The van der Waals surface area contributed by atoms with E-state index in [9.17, 15) is 9.59 Å². The summed E-state index contributed by atoms with van der Waals surface area (Å²) >= 11 is 0. The number of carbonyl (C=O) groups excluding carboxylic acids is 1. The molecule has 1 saturated carbocycles. The number of hydrogen-bond acceptors (Lipinski definition) is 2. The normalized spacial score (nSPS) is 23.7. The lowest BCUT2D eigenvalue weighted by atomic mass is 10.1. The zero-order chi connectivity index (χ0) is 14.2. The summed E-state index contributed by atoms with van der Waals surface area (Å²) in [6, 6.07) is 9.69. The van der Waals surface area contributed by atoms with Crippen molar-refractivity contribution in [2.75, 3.05) is 7.05 Å². The second-order valence-electron chi connectivity index (χ2n) is 5.79. The fourth-order valence-corrected chi connectivity index (χ4v) is 2.73. The molecule has 0 heterocycles. The topological polar surface area (TPSA) is 57.6 Å². The van der Waals surface area contributed by atoms with Gasteiger partial charge in [0, 0.05) is 13.6 Å². The Labute approximate surface area is 113 Å². The van der Waals surface area contributed by atoms with Gasteiger partial charge in [0.05, 0.1) is 11.8 Å². The smallest absolute Gasteiger partial charge is 0.307 e. The van der Waals surface area contributed by atoms with Crippen molar-refractivity contribution in [3.8, 4) is 0 Å². The van der Waals surface area contributed by atoms with Gasteiger partial charge in [0.15, 0.2) is 0 Å². The Kier molecular flexibility index (Phi) is 3.35. The van der Waals surface area contributed by atoms with Crippen molar-refractivity contribution < 1.29 is 14.7 Å². The maximum atomic E-state index is 12.3. The molecule has 1 amide bonds. The molecule has 102 valence electrons. The Hall–Kier alpha value is -1.84. The van der Waals surface area contributed by atoms with Gasteiger partial charge in [-0.3, -0.25) is 9.59 Å². The quantitative estimate of drug-likeness (QED) is 0.902. The molecular formula is C15H19NO3. The van der Waals surface area contributed by atoms with Gasteiger partial charge < -0.3 is 10.0 Å². The molecule has 2 rings (SSSR count). The molecule has 4 heteroatoms. The maximum absolute atomic E-state index is 12.3. The molecule has 1 fully saturated rings. The highest BCUT2D eigenvalue weighted by molar-refractivity contribution is 5.91. The van der Waals surface area contributed by atoms with Crippen molar-refractivity contribution in [1.29, 1.82) is 0 Å². The minimum Gasteiger partial charge on any atom is -0.481 e. The zero-order valence-corrected chi connectivity index (χ0v) is 11.5. The van der Waals surface area contributed by atoms with Gasteiger partial charge in [-0.15, -0.1) is 0 Å². The van der Waals surface area contributed by atoms with Crippen LogP contribution < -0.4 is 0 Å². The van der Waals surface area contributed by atoms with Crippen LogP contribution >= 0.6 is 0 Å². The van der Waals surface area contributed by atoms with Crippen LogP contribution in [-0.2, 0) is 16.1 Å². The Morgan fingerprint density at radius 1 is 1.21 bits per heavy atom. The number of carbonyl (C=O) groups is 2. The third kappa shape index (κ3) is 2.48. The molecule has 1 aliphatic carbocycles. The van der Waals surface area contributed by atoms with Crippen LogP contribution in [0.2, 0.25) is 0 Å². The first kappa shape index (κ1) is 13.6. The predicted octanol–water partition coefficient (Wildman–Crippen LogP) is 2.00. The number of aliphatic carboxylic acids is 1. The van der Waals surface area contributed by atoms with E-state index in [2.05, 4.69) is 0 Å². The monoisotopic (exact) mass is 261 g/mol. The zero-order valence-electron chi connectivity index (χ0n) is 11.5. The lowest BCUT2D eigenvalue weighted by molar-refractivity contribution is -0.141. The molecule has 1 N–H and O–H groups in total. The van der Waals surface area contributed by atoms with Gasteiger partial charge in [-0.1, -0.05) is 44.2 Å². The molecule has 19 heavy (non-hydrogen) atoms. The molecule has 1 aliphatic rings.